The highest BCUT2D eigenvalue weighted by atomic mass is 15.3. The smallest absolute Gasteiger partial charge is 0.0853 e. The third-order valence-electron chi connectivity index (χ3n) is 3.96. The second kappa shape index (κ2) is 6.94. The predicted octanol–water partition coefficient (Wildman–Crippen LogP) is 2.66. The third kappa shape index (κ3) is 3.96. The van der Waals surface area contributed by atoms with Crippen LogP contribution in [0.1, 0.15) is 45.2 Å². The van der Waals surface area contributed by atoms with Gasteiger partial charge in [0.2, 0.25) is 0 Å². The fourth-order valence-electron chi connectivity index (χ4n) is 2.98. The minimum absolute atomic E-state index is 0.608. The number of anilines is 1. The first-order valence-corrected chi connectivity index (χ1v) is 7.74. The largest absolute Gasteiger partial charge is 0.379 e. The van der Waals surface area contributed by atoms with Crippen LogP contribution in [0.2, 0.25) is 0 Å². The van der Waals surface area contributed by atoms with E-state index in [1.54, 1.807) is 0 Å². The van der Waals surface area contributed by atoms with Crippen LogP contribution in [0.15, 0.2) is 6.20 Å². The molecule has 108 valence electrons. The molecule has 19 heavy (non-hydrogen) atoms. The Morgan fingerprint density at radius 1 is 1.32 bits per heavy atom. The van der Waals surface area contributed by atoms with Gasteiger partial charge in [-0.3, -0.25) is 4.68 Å². The fraction of sp³-hybridized carbons (Fsp3) is 0.800. The Morgan fingerprint density at radius 2 is 2.16 bits per heavy atom. The number of aryl methyl sites for hydroxylation is 2. The van der Waals surface area contributed by atoms with Gasteiger partial charge < -0.3 is 10.2 Å². The van der Waals surface area contributed by atoms with Crippen LogP contribution in [0, 0.1) is 0 Å². The molecule has 0 spiro atoms. The highest BCUT2D eigenvalue weighted by Crippen LogP contribution is 2.20. The predicted molar refractivity (Wildman–Crippen MR) is 80.6 cm³/mol. The zero-order valence-corrected chi connectivity index (χ0v) is 12.7. The van der Waals surface area contributed by atoms with Gasteiger partial charge in [0.25, 0.3) is 0 Å². The van der Waals surface area contributed by atoms with Crippen LogP contribution in [0.3, 0.4) is 0 Å². The van der Waals surface area contributed by atoms with E-state index in [1.807, 2.05) is 11.7 Å². The van der Waals surface area contributed by atoms with Crippen LogP contribution >= 0.6 is 0 Å². The highest BCUT2D eigenvalue weighted by Gasteiger charge is 2.17. The fourth-order valence-corrected chi connectivity index (χ4v) is 2.98. The number of rotatable bonds is 5. The molecule has 0 radical (unpaired) electrons. The summed E-state index contributed by atoms with van der Waals surface area (Å²) in [6.45, 7) is 8.18. The van der Waals surface area contributed by atoms with Crippen molar-refractivity contribution in [2.75, 3.05) is 25.0 Å². The quantitative estimate of drug-likeness (QED) is 0.887. The molecule has 4 nitrogen and oxygen atoms in total. The second-order valence-electron chi connectivity index (χ2n) is 5.63. The summed E-state index contributed by atoms with van der Waals surface area (Å²) < 4.78 is 1.92. The molecule has 1 aliphatic rings. The van der Waals surface area contributed by atoms with Gasteiger partial charge in [0.15, 0.2) is 0 Å². The molecule has 0 amide bonds. The van der Waals surface area contributed by atoms with Gasteiger partial charge in [-0.25, -0.2) is 0 Å². The van der Waals surface area contributed by atoms with E-state index in [0.29, 0.717) is 6.04 Å². The number of nitrogens with zero attached hydrogens (tertiary/aromatic N) is 3. The molecular weight excluding hydrogens is 236 g/mol. The Hall–Kier alpha value is -1.03. The molecule has 1 aromatic heterocycles. The van der Waals surface area contributed by atoms with Crippen molar-refractivity contribution >= 4 is 5.69 Å². The van der Waals surface area contributed by atoms with E-state index in [4.69, 9.17) is 0 Å². The van der Waals surface area contributed by atoms with Gasteiger partial charge in [0, 0.05) is 25.8 Å². The molecule has 1 saturated heterocycles. The summed E-state index contributed by atoms with van der Waals surface area (Å²) in [5, 5.41) is 8.22. The molecule has 1 fully saturated rings. The van der Waals surface area contributed by atoms with Crippen molar-refractivity contribution in [3.8, 4) is 0 Å². The number of hydrogen-bond acceptors (Lipinski definition) is 3. The topological polar surface area (TPSA) is 33.1 Å². The van der Waals surface area contributed by atoms with Gasteiger partial charge >= 0.3 is 0 Å². The maximum Gasteiger partial charge on any atom is 0.0853 e. The standard InChI is InChI=1S/C15H28N4/c1-4-9-19-10-6-7-13(8-11-19)16-15-12-18(3)17-14(15)5-2/h12-13,16H,4-11H2,1-3H3. The molecule has 0 saturated carbocycles. The molecule has 0 bridgehead atoms. The zero-order valence-electron chi connectivity index (χ0n) is 12.7. The summed E-state index contributed by atoms with van der Waals surface area (Å²) in [4.78, 5) is 2.60. The van der Waals surface area contributed by atoms with Gasteiger partial charge in [-0.15, -0.1) is 0 Å². The number of nitrogens with one attached hydrogen (secondary N) is 1. The lowest BCUT2D eigenvalue weighted by Gasteiger charge is -2.20. The molecular formula is C15H28N4. The van der Waals surface area contributed by atoms with E-state index in [9.17, 15) is 0 Å². The molecule has 1 atom stereocenters. The third-order valence-corrected chi connectivity index (χ3v) is 3.96. The van der Waals surface area contributed by atoms with Crippen LogP contribution < -0.4 is 5.32 Å². The van der Waals surface area contributed by atoms with Crippen LogP contribution in [0.25, 0.3) is 0 Å². The minimum Gasteiger partial charge on any atom is -0.379 e. The van der Waals surface area contributed by atoms with Crippen molar-refractivity contribution in [1.82, 2.24) is 14.7 Å². The van der Waals surface area contributed by atoms with Crippen molar-refractivity contribution in [2.24, 2.45) is 7.05 Å². The monoisotopic (exact) mass is 264 g/mol. The molecule has 2 heterocycles. The van der Waals surface area contributed by atoms with Gasteiger partial charge in [0.1, 0.15) is 0 Å². The Labute approximate surface area is 117 Å². The van der Waals surface area contributed by atoms with Crippen LogP contribution in [0.5, 0.6) is 0 Å². The number of hydrogen-bond donors (Lipinski definition) is 1. The van der Waals surface area contributed by atoms with E-state index < -0.39 is 0 Å². The van der Waals surface area contributed by atoms with Crippen molar-refractivity contribution in [3.05, 3.63) is 11.9 Å². The average molecular weight is 264 g/mol. The first-order chi connectivity index (χ1) is 9.22. The molecule has 4 heteroatoms. The summed E-state index contributed by atoms with van der Waals surface area (Å²) in [7, 11) is 2.00. The lowest BCUT2D eigenvalue weighted by atomic mass is 10.1. The van der Waals surface area contributed by atoms with Crippen molar-refractivity contribution in [2.45, 2.75) is 52.0 Å². The maximum atomic E-state index is 4.51. The molecule has 2 rings (SSSR count). The van der Waals surface area contributed by atoms with Crippen LogP contribution in [-0.2, 0) is 13.5 Å². The Morgan fingerprint density at radius 3 is 2.89 bits per heavy atom. The van der Waals surface area contributed by atoms with Crippen molar-refractivity contribution in [3.63, 3.8) is 0 Å². The van der Waals surface area contributed by atoms with Crippen molar-refractivity contribution in [1.29, 1.82) is 0 Å². The maximum absolute atomic E-state index is 4.51. The van der Waals surface area contributed by atoms with Gasteiger partial charge in [0.05, 0.1) is 11.4 Å². The van der Waals surface area contributed by atoms with E-state index in [0.717, 1.165) is 6.42 Å². The van der Waals surface area contributed by atoms with Crippen LogP contribution in [0.4, 0.5) is 5.69 Å². The number of likely N-dealkylation sites (tertiary alicyclic amines) is 1. The second-order valence-corrected chi connectivity index (χ2v) is 5.63. The highest BCUT2D eigenvalue weighted by molar-refractivity contribution is 5.47. The van der Waals surface area contributed by atoms with E-state index in [1.165, 1.54) is 56.7 Å². The zero-order chi connectivity index (χ0) is 13.7. The molecule has 1 aliphatic heterocycles. The summed E-state index contributed by atoms with van der Waals surface area (Å²) >= 11 is 0. The summed E-state index contributed by atoms with van der Waals surface area (Å²) in [6.07, 6.45) is 8.21. The Balaban J connectivity index is 1.92. The van der Waals surface area contributed by atoms with Gasteiger partial charge in [-0.05, 0) is 45.2 Å². The van der Waals surface area contributed by atoms with E-state index in [2.05, 4.69) is 35.4 Å². The van der Waals surface area contributed by atoms with Gasteiger partial charge in [-0.1, -0.05) is 13.8 Å². The minimum atomic E-state index is 0.608. The Kier molecular flexibility index (Phi) is 5.25. The van der Waals surface area contributed by atoms with E-state index >= 15 is 0 Å². The summed E-state index contributed by atoms with van der Waals surface area (Å²) in [5.41, 5.74) is 2.43. The normalized spacial score (nSPS) is 21.3. The lowest BCUT2D eigenvalue weighted by Crippen LogP contribution is -2.27. The molecule has 1 N–H and O–H groups in total. The summed E-state index contributed by atoms with van der Waals surface area (Å²) in [6, 6.07) is 0.608. The average Bonchev–Trinajstić information content (AvgIpc) is 2.59. The first-order valence-electron chi connectivity index (χ1n) is 7.74. The van der Waals surface area contributed by atoms with E-state index in [-0.39, 0.29) is 0 Å². The molecule has 1 unspecified atom stereocenters. The van der Waals surface area contributed by atoms with Gasteiger partial charge in [-0.2, -0.15) is 5.10 Å². The number of aromatic nitrogens is 2. The SMILES string of the molecule is CCCN1CCCC(Nc2cn(C)nc2CC)CC1. The first kappa shape index (κ1) is 14.4. The Bertz CT molecular complexity index is 385. The molecule has 1 aromatic rings. The molecule has 0 aromatic carbocycles. The van der Waals surface area contributed by atoms with Crippen LogP contribution in [-0.4, -0.2) is 40.4 Å². The summed E-state index contributed by atoms with van der Waals surface area (Å²) in [5.74, 6) is 0. The molecule has 0 aliphatic carbocycles. The van der Waals surface area contributed by atoms with Crippen molar-refractivity contribution < 1.29 is 0 Å². The lowest BCUT2D eigenvalue weighted by molar-refractivity contribution is 0.285.